The predicted molar refractivity (Wildman–Crippen MR) is 114 cm³/mol. The Morgan fingerprint density at radius 3 is 2.43 bits per heavy atom. The van der Waals surface area contributed by atoms with E-state index in [2.05, 4.69) is 16.0 Å². The molecule has 2 aromatic rings. The lowest BCUT2D eigenvalue weighted by molar-refractivity contribution is -0.139. The molecule has 0 fully saturated rings. The molecule has 1 atom stereocenters. The van der Waals surface area contributed by atoms with Crippen LogP contribution in [-0.4, -0.2) is 32.3 Å². The van der Waals surface area contributed by atoms with Crippen LogP contribution in [0.2, 0.25) is 5.02 Å². The van der Waals surface area contributed by atoms with Gasteiger partial charge in [-0.05, 0) is 42.3 Å². The highest BCUT2D eigenvalue weighted by molar-refractivity contribution is 6.30. The Kier molecular flexibility index (Phi) is 7.32. The average molecular weight is 430 g/mol. The minimum Gasteiger partial charge on any atom is -0.497 e. The number of hydrogen-bond acceptors (Lipinski definition) is 5. The van der Waals surface area contributed by atoms with Crippen LogP contribution in [0.5, 0.6) is 5.75 Å². The van der Waals surface area contributed by atoms with Crippen LogP contribution in [0.15, 0.2) is 59.8 Å². The van der Waals surface area contributed by atoms with Crippen molar-refractivity contribution in [2.24, 2.45) is 0 Å². The van der Waals surface area contributed by atoms with Gasteiger partial charge in [0.25, 0.3) is 0 Å². The summed E-state index contributed by atoms with van der Waals surface area (Å²) in [5.74, 6) is 0.208. The van der Waals surface area contributed by atoms with Gasteiger partial charge in [0.15, 0.2) is 0 Å². The van der Waals surface area contributed by atoms with Crippen molar-refractivity contribution in [2.45, 2.75) is 19.5 Å². The summed E-state index contributed by atoms with van der Waals surface area (Å²) in [7, 11) is 1.58. The van der Waals surface area contributed by atoms with E-state index in [9.17, 15) is 9.59 Å². The SMILES string of the molecule is CCOC(=O)C1=C(CNCc2ccc(Cl)cc2)NC(=O)NC1c1ccc(OC)cc1. The van der Waals surface area contributed by atoms with Gasteiger partial charge in [-0.3, -0.25) is 0 Å². The smallest absolute Gasteiger partial charge is 0.338 e. The lowest BCUT2D eigenvalue weighted by Crippen LogP contribution is -2.48. The van der Waals surface area contributed by atoms with Gasteiger partial charge < -0.3 is 25.4 Å². The number of carbonyl (C=O) groups excluding carboxylic acids is 2. The van der Waals surface area contributed by atoms with Gasteiger partial charge in [-0.1, -0.05) is 35.9 Å². The van der Waals surface area contributed by atoms with Crippen molar-refractivity contribution in [1.82, 2.24) is 16.0 Å². The number of rotatable bonds is 8. The van der Waals surface area contributed by atoms with Crippen LogP contribution >= 0.6 is 11.6 Å². The van der Waals surface area contributed by atoms with Gasteiger partial charge in [0, 0.05) is 23.8 Å². The maximum absolute atomic E-state index is 12.8. The van der Waals surface area contributed by atoms with Crippen molar-refractivity contribution in [3.05, 3.63) is 76.0 Å². The second-order valence-corrected chi connectivity index (χ2v) is 7.08. The molecule has 2 aromatic carbocycles. The van der Waals surface area contributed by atoms with Gasteiger partial charge in [-0.15, -0.1) is 0 Å². The monoisotopic (exact) mass is 429 g/mol. The van der Waals surface area contributed by atoms with Crippen molar-refractivity contribution >= 4 is 23.6 Å². The van der Waals surface area contributed by atoms with Crippen LogP contribution in [0.3, 0.4) is 0 Å². The zero-order valence-electron chi connectivity index (χ0n) is 16.8. The summed E-state index contributed by atoms with van der Waals surface area (Å²) in [6.45, 7) is 2.81. The fourth-order valence-electron chi connectivity index (χ4n) is 3.19. The van der Waals surface area contributed by atoms with Crippen LogP contribution in [-0.2, 0) is 16.1 Å². The van der Waals surface area contributed by atoms with Crippen molar-refractivity contribution in [3.63, 3.8) is 0 Å². The third-order valence-electron chi connectivity index (χ3n) is 4.64. The number of amides is 2. The van der Waals surface area contributed by atoms with E-state index in [0.717, 1.165) is 11.1 Å². The largest absolute Gasteiger partial charge is 0.497 e. The Morgan fingerprint density at radius 2 is 1.80 bits per heavy atom. The molecule has 0 radical (unpaired) electrons. The van der Waals surface area contributed by atoms with E-state index in [-0.39, 0.29) is 19.2 Å². The number of ether oxygens (including phenoxy) is 2. The van der Waals surface area contributed by atoms with Crippen molar-refractivity contribution < 1.29 is 19.1 Å². The van der Waals surface area contributed by atoms with E-state index in [1.54, 1.807) is 26.2 Å². The highest BCUT2D eigenvalue weighted by atomic mass is 35.5. The molecule has 3 N–H and O–H groups in total. The fraction of sp³-hybridized carbons (Fsp3) is 0.273. The third-order valence-corrected chi connectivity index (χ3v) is 4.89. The van der Waals surface area contributed by atoms with E-state index in [1.165, 1.54) is 0 Å². The molecule has 1 aliphatic rings. The molecular formula is C22H24ClN3O4. The van der Waals surface area contributed by atoms with E-state index >= 15 is 0 Å². The Balaban J connectivity index is 1.86. The first-order valence-electron chi connectivity index (χ1n) is 9.58. The molecule has 0 aromatic heterocycles. The summed E-state index contributed by atoms with van der Waals surface area (Å²) < 4.78 is 10.5. The van der Waals surface area contributed by atoms with Gasteiger partial charge in [0.2, 0.25) is 0 Å². The Morgan fingerprint density at radius 1 is 1.10 bits per heavy atom. The van der Waals surface area contributed by atoms with Crippen LogP contribution in [0, 0.1) is 0 Å². The number of carbonyl (C=O) groups is 2. The molecule has 158 valence electrons. The van der Waals surface area contributed by atoms with Crippen LogP contribution in [0.4, 0.5) is 4.79 Å². The summed E-state index contributed by atoms with van der Waals surface area (Å²) in [6.07, 6.45) is 0. The van der Waals surface area contributed by atoms with Gasteiger partial charge >= 0.3 is 12.0 Å². The Hall–Kier alpha value is -3.03. The molecule has 3 rings (SSSR count). The van der Waals surface area contributed by atoms with Crippen molar-refractivity contribution in [3.8, 4) is 5.75 Å². The molecule has 8 heteroatoms. The van der Waals surface area contributed by atoms with E-state index in [4.69, 9.17) is 21.1 Å². The van der Waals surface area contributed by atoms with Gasteiger partial charge in [0.1, 0.15) is 5.75 Å². The topological polar surface area (TPSA) is 88.7 Å². The van der Waals surface area contributed by atoms with Gasteiger partial charge in [-0.25, -0.2) is 9.59 Å². The van der Waals surface area contributed by atoms with Gasteiger partial charge in [0.05, 0.1) is 25.3 Å². The molecule has 0 spiro atoms. The molecule has 0 saturated heterocycles. The number of benzene rings is 2. The molecule has 2 amide bonds. The highest BCUT2D eigenvalue weighted by Gasteiger charge is 2.33. The number of methoxy groups -OCH3 is 1. The third kappa shape index (κ3) is 5.31. The van der Waals surface area contributed by atoms with Crippen molar-refractivity contribution in [2.75, 3.05) is 20.3 Å². The lowest BCUT2D eigenvalue weighted by Gasteiger charge is -2.29. The number of nitrogens with one attached hydrogen (secondary N) is 3. The maximum atomic E-state index is 12.8. The molecular weight excluding hydrogens is 406 g/mol. The average Bonchev–Trinajstić information content (AvgIpc) is 2.75. The molecule has 0 bridgehead atoms. The van der Waals surface area contributed by atoms with E-state index in [1.807, 2.05) is 36.4 Å². The molecule has 0 aliphatic carbocycles. The molecule has 7 nitrogen and oxygen atoms in total. The number of urea groups is 1. The summed E-state index contributed by atoms with van der Waals surface area (Å²) in [5.41, 5.74) is 2.63. The zero-order valence-corrected chi connectivity index (χ0v) is 17.6. The first-order chi connectivity index (χ1) is 14.5. The summed E-state index contributed by atoms with van der Waals surface area (Å²) in [4.78, 5) is 25.1. The summed E-state index contributed by atoms with van der Waals surface area (Å²) >= 11 is 5.92. The van der Waals surface area contributed by atoms with Gasteiger partial charge in [-0.2, -0.15) is 0 Å². The standard InChI is InChI=1S/C22H24ClN3O4/c1-3-30-21(27)19-18(13-24-12-14-4-8-16(23)9-5-14)25-22(28)26-20(19)15-6-10-17(29-2)11-7-15/h4-11,20,24H,3,12-13H2,1-2H3,(H2,25,26,28). The Bertz CT molecular complexity index is 926. The van der Waals surface area contributed by atoms with E-state index in [0.29, 0.717) is 28.6 Å². The molecule has 1 aliphatic heterocycles. The molecule has 0 saturated carbocycles. The zero-order chi connectivity index (χ0) is 21.5. The lowest BCUT2D eigenvalue weighted by atomic mass is 9.95. The minimum absolute atomic E-state index is 0.233. The quantitative estimate of drug-likeness (QED) is 0.560. The molecule has 1 unspecified atom stereocenters. The normalized spacial score (nSPS) is 16.0. The number of esters is 1. The summed E-state index contributed by atoms with van der Waals surface area (Å²) in [6, 6.07) is 13.6. The maximum Gasteiger partial charge on any atom is 0.338 e. The van der Waals surface area contributed by atoms with Crippen LogP contribution in [0.1, 0.15) is 24.1 Å². The fourth-order valence-corrected chi connectivity index (χ4v) is 3.31. The Labute approximate surface area is 180 Å². The number of halogens is 1. The van der Waals surface area contributed by atoms with E-state index < -0.39 is 12.0 Å². The predicted octanol–water partition coefficient (Wildman–Crippen LogP) is 3.31. The van der Waals surface area contributed by atoms with Crippen LogP contribution in [0.25, 0.3) is 0 Å². The first kappa shape index (κ1) is 21.7. The first-order valence-corrected chi connectivity index (χ1v) is 9.96. The minimum atomic E-state index is -0.629. The number of hydrogen-bond donors (Lipinski definition) is 3. The summed E-state index contributed by atoms with van der Waals surface area (Å²) in [5, 5.41) is 9.48. The second-order valence-electron chi connectivity index (χ2n) is 6.65. The molecule has 30 heavy (non-hydrogen) atoms. The van der Waals surface area contributed by atoms with Crippen molar-refractivity contribution in [1.29, 1.82) is 0 Å². The molecule has 1 heterocycles. The second kappa shape index (κ2) is 10.1. The highest BCUT2D eigenvalue weighted by Crippen LogP contribution is 2.29. The van der Waals surface area contributed by atoms with Crippen LogP contribution < -0.4 is 20.7 Å².